The Bertz CT molecular complexity index is 1200. The highest BCUT2D eigenvalue weighted by Gasteiger charge is 2.17. The first-order chi connectivity index (χ1) is 13.0. The summed E-state index contributed by atoms with van der Waals surface area (Å²) in [4.78, 5) is 20.3. The summed E-state index contributed by atoms with van der Waals surface area (Å²) >= 11 is 0. The number of aromatic nitrogens is 5. The van der Waals surface area contributed by atoms with Crippen LogP contribution in [0.25, 0.3) is 28.0 Å². The quantitative estimate of drug-likeness (QED) is 0.509. The number of aryl methyl sites for hydroxylation is 1. The van der Waals surface area contributed by atoms with Gasteiger partial charge in [0.05, 0.1) is 30.8 Å². The molecule has 4 aromatic heterocycles. The fourth-order valence-electron chi connectivity index (χ4n) is 3.04. The molecule has 0 aromatic carbocycles. The van der Waals surface area contributed by atoms with Crippen molar-refractivity contribution < 1.29 is 14.6 Å². The number of methoxy groups -OCH3 is 2. The number of aromatic hydroxyl groups is 1. The normalized spacial score (nSPS) is 11.1. The molecule has 4 rings (SSSR count). The molecule has 0 spiro atoms. The molecule has 0 aliphatic carbocycles. The summed E-state index contributed by atoms with van der Waals surface area (Å²) in [6, 6.07) is 5.00. The molecule has 0 atom stereocenters. The summed E-state index contributed by atoms with van der Waals surface area (Å²) in [6.45, 7) is 1.88. The molecule has 4 aromatic rings. The molecule has 3 N–H and O–H groups in total. The van der Waals surface area contributed by atoms with Gasteiger partial charge in [-0.1, -0.05) is 0 Å². The number of pyridine rings is 2. The molecule has 0 unspecified atom stereocenters. The van der Waals surface area contributed by atoms with Gasteiger partial charge in [-0.15, -0.1) is 0 Å². The van der Waals surface area contributed by atoms with Crippen molar-refractivity contribution in [3.63, 3.8) is 0 Å². The van der Waals surface area contributed by atoms with Crippen molar-refractivity contribution in [2.45, 2.75) is 6.92 Å². The monoisotopic (exact) mass is 367 g/mol. The van der Waals surface area contributed by atoms with E-state index >= 15 is 0 Å². The van der Waals surface area contributed by atoms with E-state index in [1.54, 1.807) is 25.6 Å². The fraction of sp³-hybridized carbons (Fsp3) is 0.167. The molecule has 4 heterocycles. The van der Waals surface area contributed by atoms with Crippen LogP contribution in [0.1, 0.15) is 5.56 Å². The first-order valence-electron chi connectivity index (χ1n) is 8.10. The minimum Gasteiger partial charge on any atom is -0.494 e. The van der Waals surface area contributed by atoms with Gasteiger partial charge in [0.1, 0.15) is 5.82 Å². The largest absolute Gasteiger partial charge is 0.494 e. The molecule has 0 saturated carbocycles. The zero-order chi connectivity index (χ0) is 19.1. The summed E-state index contributed by atoms with van der Waals surface area (Å²) in [7, 11) is 3.07. The van der Waals surface area contributed by atoms with Crippen LogP contribution in [0.5, 0.6) is 17.5 Å². The Hall–Kier alpha value is -3.75. The van der Waals surface area contributed by atoms with Crippen molar-refractivity contribution in [2.24, 2.45) is 0 Å². The van der Waals surface area contributed by atoms with E-state index in [1.807, 2.05) is 13.0 Å². The van der Waals surface area contributed by atoms with Gasteiger partial charge in [0.15, 0.2) is 5.75 Å². The third-order valence-electron chi connectivity index (χ3n) is 4.32. The third kappa shape index (κ3) is 2.69. The Morgan fingerprint density at radius 2 is 1.96 bits per heavy atom. The van der Waals surface area contributed by atoms with E-state index in [1.165, 1.54) is 17.7 Å². The van der Waals surface area contributed by atoms with Gasteiger partial charge in [-0.05, 0) is 24.6 Å². The van der Waals surface area contributed by atoms with E-state index in [4.69, 9.17) is 9.47 Å². The van der Waals surface area contributed by atoms with Crippen molar-refractivity contribution in [3.05, 3.63) is 46.5 Å². The van der Waals surface area contributed by atoms with Crippen LogP contribution in [0.2, 0.25) is 0 Å². The molecule has 9 heteroatoms. The molecule has 27 heavy (non-hydrogen) atoms. The molecule has 0 aliphatic heterocycles. The Kier molecular flexibility index (Phi) is 3.84. The highest BCUT2D eigenvalue weighted by Crippen LogP contribution is 2.35. The summed E-state index contributed by atoms with van der Waals surface area (Å²) in [5, 5.41) is 16.4. The molecule has 0 saturated heterocycles. The second-order valence-corrected chi connectivity index (χ2v) is 5.99. The van der Waals surface area contributed by atoms with Gasteiger partial charge >= 0.3 is 0 Å². The first kappa shape index (κ1) is 16.7. The Morgan fingerprint density at radius 3 is 2.63 bits per heavy atom. The van der Waals surface area contributed by atoms with Crippen LogP contribution in [-0.4, -0.2) is 44.1 Å². The summed E-state index contributed by atoms with van der Waals surface area (Å²) in [5.74, 6) is 1.31. The molecule has 0 aliphatic rings. The van der Waals surface area contributed by atoms with Crippen molar-refractivity contribution in [1.82, 2.24) is 24.7 Å². The van der Waals surface area contributed by atoms with Crippen molar-refractivity contribution in [1.29, 1.82) is 0 Å². The smallest absolute Gasteiger partial charge is 0.266 e. The Labute approximate surface area is 153 Å². The molecule has 9 nitrogen and oxygen atoms in total. The molecule has 0 bridgehead atoms. The van der Waals surface area contributed by atoms with Crippen molar-refractivity contribution in [3.8, 4) is 34.6 Å². The SMILES string of the molecule is COc1cc(-c2cc(C)c3c(O)n(-c4cc(=O)[nH][nH]4)cc3n2)cnc1OC. The van der Waals surface area contributed by atoms with Crippen molar-refractivity contribution in [2.75, 3.05) is 14.2 Å². The minimum atomic E-state index is -0.288. The van der Waals surface area contributed by atoms with E-state index in [2.05, 4.69) is 20.2 Å². The average molecular weight is 367 g/mol. The number of hydrogen-bond acceptors (Lipinski definition) is 6. The van der Waals surface area contributed by atoms with Gasteiger partial charge in [-0.3, -0.25) is 19.6 Å². The maximum Gasteiger partial charge on any atom is 0.266 e. The van der Waals surface area contributed by atoms with Gasteiger partial charge < -0.3 is 14.6 Å². The maximum atomic E-state index is 11.4. The van der Waals surface area contributed by atoms with E-state index in [0.717, 1.165) is 11.1 Å². The van der Waals surface area contributed by atoms with Crippen LogP contribution in [0.4, 0.5) is 0 Å². The van der Waals surface area contributed by atoms with Crippen LogP contribution in [0.15, 0.2) is 35.4 Å². The number of fused-ring (bicyclic) bond motifs is 1. The average Bonchev–Trinajstić information content (AvgIpc) is 3.24. The lowest BCUT2D eigenvalue weighted by Crippen LogP contribution is -1.95. The second kappa shape index (κ2) is 6.20. The number of H-pyrrole nitrogens is 2. The number of hydrogen-bond donors (Lipinski definition) is 3. The first-order valence-corrected chi connectivity index (χ1v) is 8.10. The van der Waals surface area contributed by atoms with E-state index in [-0.39, 0.29) is 11.4 Å². The highest BCUT2D eigenvalue weighted by atomic mass is 16.5. The molecule has 0 amide bonds. The predicted octanol–water partition coefficient (Wildman–Crippen LogP) is 2.14. The fourth-order valence-corrected chi connectivity index (χ4v) is 3.04. The number of nitrogens with one attached hydrogen (secondary N) is 2. The summed E-state index contributed by atoms with van der Waals surface area (Å²) in [5.41, 5.74) is 2.55. The van der Waals surface area contributed by atoms with Gasteiger partial charge in [0.2, 0.25) is 5.88 Å². The number of nitrogens with zero attached hydrogens (tertiary/aromatic N) is 3. The van der Waals surface area contributed by atoms with E-state index < -0.39 is 0 Å². The van der Waals surface area contributed by atoms with Crippen LogP contribution in [0.3, 0.4) is 0 Å². The van der Waals surface area contributed by atoms with Crippen LogP contribution >= 0.6 is 0 Å². The van der Waals surface area contributed by atoms with Gasteiger partial charge in [0.25, 0.3) is 11.4 Å². The van der Waals surface area contributed by atoms with Crippen LogP contribution in [-0.2, 0) is 0 Å². The standard InChI is InChI=1S/C18H17N5O4/c1-9-4-11(10-5-13(26-2)17(27-3)19-7-10)20-12-8-23(18(25)16(9)12)14-6-15(24)22-21-14/h4-8,25H,1-3H3,(H2,21,22,24). The summed E-state index contributed by atoms with van der Waals surface area (Å²) in [6.07, 6.45) is 3.31. The van der Waals surface area contributed by atoms with E-state index in [0.29, 0.717) is 34.0 Å². The minimum absolute atomic E-state index is 0.00207. The summed E-state index contributed by atoms with van der Waals surface area (Å²) < 4.78 is 11.9. The van der Waals surface area contributed by atoms with Crippen molar-refractivity contribution >= 4 is 10.9 Å². The molecule has 0 fully saturated rings. The molecular weight excluding hydrogens is 350 g/mol. The predicted molar refractivity (Wildman–Crippen MR) is 98.8 cm³/mol. The lowest BCUT2D eigenvalue weighted by atomic mass is 10.1. The zero-order valence-electron chi connectivity index (χ0n) is 14.9. The highest BCUT2D eigenvalue weighted by molar-refractivity contribution is 5.90. The van der Waals surface area contributed by atoms with E-state index in [9.17, 15) is 9.90 Å². The van der Waals surface area contributed by atoms with Gasteiger partial charge in [0, 0.05) is 24.0 Å². The van der Waals surface area contributed by atoms with Crippen LogP contribution in [0, 0.1) is 6.92 Å². The number of ether oxygens (including phenoxy) is 2. The van der Waals surface area contributed by atoms with Gasteiger partial charge in [-0.25, -0.2) is 9.97 Å². The Balaban J connectivity index is 1.88. The number of rotatable bonds is 4. The lowest BCUT2D eigenvalue weighted by molar-refractivity contribution is 0.343. The zero-order valence-corrected chi connectivity index (χ0v) is 14.9. The molecule has 0 radical (unpaired) electrons. The third-order valence-corrected chi connectivity index (χ3v) is 4.32. The topological polar surface area (TPSA) is 118 Å². The molecule has 138 valence electrons. The molecular formula is C18H17N5O4. The Morgan fingerprint density at radius 1 is 1.15 bits per heavy atom. The van der Waals surface area contributed by atoms with Crippen LogP contribution < -0.4 is 15.0 Å². The maximum absolute atomic E-state index is 11.4. The lowest BCUT2D eigenvalue weighted by Gasteiger charge is -2.09. The second-order valence-electron chi connectivity index (χ2n) is 5.99. The number of aromatic amines is 2. The van der Waals surface area contributed by atoms with Gasteiger partial charge in [-0.2, -0.15) is 0 Å².